The van der Waals surface area contributed by atoms with Gasteiger partial charge < -0.3 is 9.47 Å². The Bertz CT molecular complexity index is 484. The molecule has 0 radical (unpaired) electrons. The molecule has 110 valence electrons. The van der Waals surface area contributed by atoms with Crippen molar-refractivity contribution in [3.8, 4) is 0 Å². The molecule has 6 nitrogen and oxygen atoms in total. The molecule has 5 atom stereocenters. The van der Waals surface area contributed by atoms with Crippen LogP contribution in [0.2, 0.25) is 0 Å². The van der Waals surface area contributed by atoms with Gasteiger partial charge in [0.1, 0.15) is 18.1 Å². The number of carbonyl (C=O) groups excluding carboxylic acids is 3. The van der Waals surface area contributed by atoms with Gasteiger partial charge >= 0.3 is 5.97 Å². The second-order valence-corrected chi connectivity index (χ2v) is 6.46. The van der Waals surface area contributed by atoms with E-state index in [-0.39, 0.29) is 30.2 Å². The molecule has 0 aliphatic carbocycles. The molecule has 5 unspecified atom stereocenters. The van der Waals surface area contributed by atoms with Crippen molar-refractivity contribution in [3.63, 3.8) is 0 Å². The Labute approximate surface area is 117 Å². The molecule has 0 aromatic rings. The smallest absolute Gasteiger partial charge is 0.313 e. The quantitative estimate of drug-likeness (QED) is 0.757. The summed E-state index contributed by atoms with van der Waals surface area (Å²) in [6, 6.07) is 0. The maximum absolute atomic E-state index is 12.3. The predicted octanol–water partition coefficient (Wildman–Crippen LogP) is 0.394. The summed E-state index contributed by atoms with van der Waals surface area (Å²) in [6.07, 6.45) is 0.365. The molecule has 0 spiro atoms. The van der Waals surface area contributed by atoms with Gasteiger partial charge in [-0.3, -0.25) is 19.7 Å². The summed E-state index contributed by atoms with van der Waals surface area (Å²) in [6.45, 7) is 5.46. The van der Waals surface area contributed by atoms with Crippen LogP contribution in [0.15, 0.2) is 0 Å². The predicted molar refractivity (Wildman–Crippen MR) is 67.4 cm³/mol. The van der Waals surface area contributed by atoms with Gasteiger partial charge in [0, 0.05) is 11.8 Å². The number of hydrogen-bond donors (Lipinski definition) is 1. The van der Waals surface area contributed by atoms with Crippen LogP contribution in [0.1, 0.15) is 33.6 Å². The van der Waals surface area contributed by atoms with Crippen molar-refractivity contribution in [1.82, 2.24) is 5.32 Å². The van der Waals surface area contributed by atoms with Crippen LogP contribution in [0.3, 0.4) is 0 Å². The molecule has 2 bridgehead atoms. The minimum atomic E-state index is -0.604. The number of ether oxygens (including phenoxy) is 2. The van der Waals surface area contributed by atoms with Gasteiger partial charge in [-0.1, -0.05) is 20.8 Å². The van der Waals surface area contributed by atoms with Crippen LogP contribution in [0.25, 0.3) is 0 Å². The molecule has 1 N–H and O–H groups in total. The van der Waals surface area contributed by atoms with E-state index in [1.165, 1.54) is 0 Å². The van der Waals surface area contributed by atoms with Crippen molar-refractivity contribution < 1.29 is 23.9 Å². The molecule has 6 heteroatoms. The number of amides is 2. The minimum absolute atomic E-state index is 0.204. The molecule has 0 aromatic heterocycles. The Morgan fingerprint density at radius 1 is 1.35 bits per heavy atom. The molecular weight excluding hydrogens is 262 g/mol. The molecule has 3 aliphatic rings. The van der Waals surface area contributed by atoms with E-state index in [2.05, 4.69) is 5.32 Å². The van der Waals surface area contributed by atoms with Gasteiger partial charge in [0.25, 0.3) is 0 Å². The normalized spacial score (nSPS) is 38.0. The maximum atomic E-state index is 12.3. The highest BCUT2D eigenvalue weighted by molar-refractivity contribution is 6.00. The molecule has 3 aliphatic heterocycles. The van der Waals surface area contributed by atoms with E-state index in [1.54, 1.807) is 13.8 Å². The summed E-state index contributed by atoms with van der Waals surface area (Å²) in [5.41, 5.74) is -0.604. The summed E-state index contributed by atoms with van der Waals surface area (Å²) in [5.74, 6) is -2.23. The Balaban J connectivity index is 1.73. The number of nitrogens with one attached hydrogen (secondary N) is 1. The van der Waals surface area contributed by atoms with Gasteiger partial charge in [-0.15, -0.1) is 0 Å². The second kappa shape index (κ2) is 4.28. The van der Waals surface area contributed by atoms with Crippen LogP contribution in [-0.2, 0) is 23.9 Å². The van der Waals surface area contributed by atoms with E-state index in [9.17, 15) is 14.4 Å². The van der Waals surface area contributed by atoms with Crippen molar-refractivity contribution in [2.24, 2.45) is 17.3 Å². The topological polar surface area (TPSA) is 81.7 Å². The molecule has 2 amide bonds. The van der Waals surface area contributed by atoms with E-state index in [0.29, 0.717) is 12.8 Å². The fourth-order valence-corrected chi connectivity index (χ4v) is 3.17. The highest BCUT2D eigenvalue weighted by Gasteiger charge is 2.65. The number of carbonyl (C=O) groups is 3. The van der Waals surface area contributed by atoms with Crippen molar-refractivity contribution in [1.29, 1.82) is 0 Å². The first-order valence-corrected chi connectivity index (χ1v) is 7.06. The summed E-state index contributed by atoms with van der Waals surface area (Å²) in [4.78, 5) is 36.2. The zero-order valence-electron chi connectivity index (χ0n) is 11.8. The van der Waals surface area contributed by atoms with Crippen molar-refractivity contribution in [2.75, 3.05) is 0 Å². The zero-order valence-corrected chi connectivity index (χ0v) is 11.8. The van der Waals surface area contributed by atoms with E-state index < -0.39 is 23.2 Å². The molecule has 0 aromatic carbocycles. The summed E-state index contributed by atoms with van der Waals surface area (Å²) < 4.78 is 10.8. The SMILES string of the molecule is CCC(C)(C)C(=O)NC(=O)C1C2CC3OC(=O)C1C3O2. The third kappa shape index (κ3) is 1.78. The lowest BCUT2D eigenvalue weighted by Crippen LogP contribution is -2.48. The average Bonchev–Trinajstić information content (AvgIpc) is 2.99. The molecule has 3 saturated heterocycles. The first-order valence-electron chi connectivity index (χ1n) is 7.06. The van der Waals surface area contributed by atoms with Gasteiger partial charge in [-0.05, 0) is 6.42 Å². The third-order valence-electron chi connectivity index (χ3n) is 4.88. The van der Waals surface area contributed by atoms with Crippen LogP contribution in [-0.4, -0.2) is 36.1 Å². The Morgan fingerprint density at radius 2 is 2.05 bits per heavy atom. The first-order chi connectivity index (χ1) is 9.35. The number of rotatable bonds is 3. The fourth-order valence-electron chi connectivity index (χ4n) is 3.17. The molecule has 3 rings (SSSR count). The van der Waals surface area contributed by atoms with E-state index >= 15 is 0 Å². The lowest BCUT2D eigenvalue weighted by Gasteiger charge is -2.24. The Morgan fingerprint density at radius 3 is 2.70 bits per heavy atom. The second-order valence-electron chi connectivity index (χ2n) is 6.46. The molecular formula is C14H19NO5. The standard InChI is InChI=1S/C14H19NO5/c1-4-14(2,3)13(18)15-11(16)8-6-5-7-10(19-6)9(8)12(17)20-7/h6-10H,4-5H2,1-3H3,(H,15,16,18). The van der Waals surface area contributed by atoms with E-state index in [4.69, 9.17) is 9.47 Å². The van der Waals surface area contributed by atoms with Gasteiger partial charge in [0.15, 0.2) is 0 Å². The van der Waals surface area contributed by atoms with Gasteiger partial charge in [-0.2, -0.15) is 0 Å². The van der Waals surface area contributed by atoms with Gasteiger partial charge in [0.2, 0.25) is 11.8 Å². The van der Waals surface area contributed by atoms with E-state index in [0.717, 1.165) is 0 Å². The van der Waals surface area contributed by atoms with Crippen LogP contribution < -0.4 is 5.32 Å². The molecule has 3 fully saturated rings. The van der Waals surface area contributed by atoms with E-state index in [1.807, 2.05) is 6.92 Å². The Kier molecular flexibility index (Phi) is 2.90. The van der Waals surface area contributed by atoms with Crippen LogP contribution in [0.4, 0.5) is 0 Å². The Hall–Kier alpha value is -1.43. The monoisotopic (exact) mass is 281 g/mol. The summed E-state index contributed by atoms with van der Waals surface area (Å²) in [7, 11) is 0. The van der Waals surface area contributed by atoms with Crippen LogP contribution in [0, 0.1) is 17.3 Å². The first kappa shape index (κ1) is 13.5. The average molecular weight is 281 g/mol. The largest absolute Gasteiger partial charge is 0.459 e. The maximum Gasteiger partial charge on any atom is 0.313 e. The number of imide groups is 1. The van der Waals surface area contributed by atoms with Crippen molar-refractivity contribution in [3.05, 3.63) is 0 Å². The lowest BCUT2D eigenvalue weighted by molar-refractivity contribution is -0.147. The summed E-state index contributed by atoms with van der Waals surface area (Å²) >= 11 is 0. The summed E-state index contributed by atoms with van der Waals surface area (Å²) in [5, 5.41) is 2.44. The molecule has 20 heavy (non-hydrogen) atoms. The fraction of sp³-hybridized carbons (Fsp3) is 0.786. The molecule has 3 heterocycles. The van der Waals surface area contributed by atoms with Crippen LogP contribution >= 0.6 is 0 Å². The van der Waals surface area contributed by atoms with Crippen LogP contribution in [0.5, 0.6) is 0 Å². The number of esters is 1. The van der Waals surface area contributed by atoms with Gasteiger partial charge in [-0.25, -0.2) is 0 Å². The molecule has 0 saturated carbocycles. The number of hydrogen-bond acceptors (Lipinski definition) is 5. The zero-order chi connectivity index (χ0) is 14.7. The lowest BCUT2D eigenvalue weighted by atomic mass is 9.79. The third-order valence-corrected chi connectivity index (χ3v) is 4.88. The van der Waals surface area contributed by atoms with Crippen molar-refractivity contribution >= 4 is 17.8 Å². The highest BCUT2D eigenvalue weighted by Crippen LogP contribution is 2.49. The minimum Gasteiger partial charge on any atom is -0.459 e. The van der Waals surface area contributed by atoms with Gasteiger partial charge in [0.05, 0.1) is 12.0 Å². The highest BCUT2D eigenvalue weighted by atomic mass is 16.6. The number of fused-ring (bicyclic) bond motifs is 1. The van der Waals surface area contributed by atoms with Crippen molar-refractivity contribution in [2.45, 2.75) is 51.9 Å².